The van der Waals surface area contributed by atoms with Gasteiger partial charge in [0, 0.05) is 44.0 Å². The van der Waals surface area contributed by atoms with Crippen molar-refractivity contribution in [1.82, 2.24) is 4.90 Å². The lowest BCUT2D eigenvalue weighted by Crippen LogP contribution is -2.48. The average Bonchev–Trinajstić information content (AvgIpc) is 3.38. The number of rotatable bonds is 7. The highest BCUT2D eigenvalue weighted by molar-refractivity contribution is 6.33. The number of hydrogen-bond acceptors (Lipinski definition) is 7. The van der Waals surface area contributed by atoms with Crippen LogP contribution in [0, 0.1) is 10.1 Å². The molecule has 2 heterocycles. The number of carbonyl (C=O) groups is 2. The van der Waals surface area contributed by atoms with Crippen LogP contribution in [0.4, 0.5) is 17.1 Å². The van der Waals surface area contributed by atoms with E-state index in [1.54, 1.807) is 29.2 Å². The summed E-state index contributed by atoms with van der Waals surface area (Å²) in [6, 6.07) is 14.0. The fourth-order valence-electron chi connectivity index (χ4n) is 3.56. The van der Waals surface area contributed by atoms with Crippen molar-refractivity contribution in [2.45, 2.75) is 0 Å². The van der Waals surface area contributed by atoms with Gasteiger partial charge < -0.3 is 24.3 Å². The molecular weight excluding hydrogens is 464 g/mol. The minimum absolute atomic E-state index is 0.0583. The van der Waals surface area contributed by atoms with Crippen molar-refractivity contribution < 1.29 is 23.7 Å². The molecule has 0 unspecified atom stereocenters. The van der Waals surface area contributed by atoms with Crippen LogP contribution in [0.2, 0.25) is 5.02 Å². The number of anilines is 2. The smallest absolute Gasteiger partial charge is 0.289 e. The molecule has 0 radical (unpaired) electrons. The minimum atomic E-state index is -0.510. The summed E-state index contributed by atoms with van der Waals surface area (Å²) >= 11 is 6.46. The molecule has 0 bridgehead atoms. The molecule has 1 aromatic heterocycles. The van der Waals surface area contributed by atoms with Crippen LogP contribution in [0.15, 0.2) is 65.3 Å². The van der Waals surface area contributed by atoms with Gasteiger partial charge in [0.2, 0.25) is 0 Å². The van der Waals surface area contributed by atoms with E-state index in [0.29, 0.717) is 48.4 Å². The maximum Gasteiger partial charge on any atom is 0.289 e. The molecule has 1 aliphatic rings. The number of nitro groups is 1. The van der Waals surface area contributed by atoms with Crippen molar-refractivity contribution in [3.63, 3.8) is 0 Å². The number of carbonyl (C=O) groups excluding carboxylic acids is 2. The zero-order chi connectivity index (χ0) is 24.1. The zero-order valence-electron chi connectivity index (χ0n) is 18.0. The molecule has 0 aliphatic carbocycles. The second-order valence-electron chi connectivity index (χ2n) is 7.51. The number of halogens is 1. The van der Waals surface area contributed by atoms with Gasteiger partial charge in [0.25, 0.3) is 17.5 Å². The molecule has 176 valence electrons. The highest BCUT2D eigenvalue weighted by Crippen LogP contribution is 2.30. The van der Waals surface area contributed by atoms with Crippen LogP contribution in [-0.2, 0) is 4.79 Å². The lowest BCUT2D eigenvalue weighted by atomic mass is 10.2. The second-order valence-corrected chi connectivity index (χ2v) is 7.92. The molecule has 3 aromatic rings. The lowest BCUT2D eigenvalue weighted by molar-refractivity contribution is -0.384. The van der Waals surface area contributed by atoms with E-state index in [0.717, 1.165) is 5.69 Å². The van der Waals surface area contributed by atoms with Gasteiger partial charge in [0.15, 0.2) is 12.4 Å². The molecule has 0 saturated carbocycles. The number of amides is 2. The summed E-state index contributed by atoms with van der Waals surface area (Å²) in [4.78, 5) is 38.6. The first-order valence-corrected chi connectivity index (χ1v) is 10.8. The van der Waals surface area contributed by atoms with Gasteiger partial charge in [0.05, 0.1) is 21.9 Å². The Kier molecular flexibility index (Phi) is 6.98. The molecule has 11 heteroatoms. The van der Waals surface area contributed by atoms with Crippen molar-refractivity contribution in [1.29, 1.82) is 0 Å². The molecule has 0 spiro atoms. The number of non-ortho nitro benzene ring substituents is 1. The van der Waals surface area contributed by atoms with Gasteiger partial charge in [-0.2, -0.15) is 0 Å². The van der Waals surface area contributed by atoms with Crippen molar-refractivity contribution in [3.8, 4) is 5.75 Å². The van der Waals surface area contributed by atoms with Gasteiger partial charge in [-0.05, 0) is 42.5 Å². The molecule has 0 atom stereocenters. The second kappa shape index (κ2) is 10.3. The molecule has 1 aliphatic heterocycles. The van der Waals surface area contributed by atoms with E-state index < -0.39 is 10.8 Å². The predicted octanol–water partition coefficient (Wildman–Crippen LogP) is 3.82. The number of nitro benzene ring substituents is 1. The Morgan fingerprint density at radius 1 is 1.09 bits per heavy atom. The summed E-state index contributed by atoms with van der Waals surface area (Å²) in [5, 5.41) is 13.9. The Hall–Kier alpha value is -4.05. The Bertz CT molecular complexity index is 1170. The molecule has 10 nitrogen and oxygen atoms in total. The first-order chi connectivity index (χ1) is 16.4. The summed E-state index contributed by atoms with van der Waals surface area (Å²) in [7, 11) is 0. The zero-order valence-corrected chi connectivity index (χ0v) is 18.7. The van der Waals surface area contributed by atoms with Crippen LogP contribution in [0.1, 0.15) is 10.6 Å². The van der Waals surface area contributed by atoms with Crippen LogP contribution in [-0.4, -0.2) is 54.4 Å². The third kappa shape index (κ3) is 5.46. The number of piperazine rings is 1. The molecule has 2 amide bonds. The maximum atomic E-state index is 12.4. The normalized spacial score (nSPS) is 13.4. The first kappa shape index (κ1) is 23.1. The molecule has 2 aromatic carbocycles. The SMILES string of the molecule is O=C(COc1ccc([N+](=O)[O-])cc1)Nc1ccc(N2CCN(C(=O)c3ccco3)CC2)c(Cl)c1. The Labute approximate surface area is 199 Å². The monoisotopic (exact) mass is 484 g/mol. The number of furan rings is 1. The van der Waals surface area contributed by atoms with Crippen LogP contribution < -0.4 is 15.0 Å². The molecule has 34 heavy (non-hydrogen) atoms. The third-order valence-electron chi connectivity index (χ3n) is 5.29. The fourth-order valence-corrected chi connectivity index (χ4v) is 3.86. The van der Waals surface area contributed by atoms with E-state index in [4.69, 9.17) is 20.8 Å². The Balaban J connectivity index is 1.28. The van der Waals surface area contributed by atoms with Gasteiger partial charge in [-0.1, -0.05) is 11.6 Å². The third-order valence-corrected chi connectivity index (χ3v) is 5.59. The summed E-state index contributed by atoms with van der Waals surface area (Å²) in [5.41, 5.74) is 1.27. The molecular formula is C23H21ClN4O6. The predicted molar refractivity (Wildman–Crippen MR) is 125 cm³/mol. The Morgan fingerprint density at radius 2 is 1.82 bits per heavy atom. The number of nitrogens with one attached hydrogen (secondary N) is 1. The van der Waals surface area contributed by atoms with E-state index in [1.807, 2.05) is 6.07 Å². The number of hydrogen-bond donors (Lipinski definition) is 1. The molecule has 1 saturated heterocycles. The summed E-state index contributed by atoms with van der Waals surface area (Å²) in [5.74, 6) is 0.139. The lowest BCUT2D eigenvalue weighted by Gasteiger charge is -2.36. The fraction of sp³-hybridized carbons (Fsp3) is 0.217. The highest BCUT2D eigenvalue weighted by atomic mass is 35.5. The summed E-state index contributed by atoms with van der Waals surface area (Å²) in [6.45, 7) is 2.04. The summed E-state index contributed by atoms with van der Waals surface area (Å²) < 4.78 is 10.6. The van der Waals surface area contributed by atoms with Crippen LogP contribution in [0.5, 0.6) is 5.75 Å². The van der Waals surface area contributed by atoms with E-state index >= 15 is 0 Å². The van der Waals surface area contributed by atoms with Crippen molar-refractivity contribution in [2.75, 3.05) is 43.0 Å². The van der Waals surface area contributed by atoms with Gasteiger partial charge in [-0.25, -0.2) is 0 Å². The maximum absolute atomic E-state index is 12.4. The van der Waals surface area contributed by atoms with Crippen molar-refractivity contribution in [2.24, 2.45) is 0 Å². The van der Waals surface area contributed by atoms with Crippen molar-refractivity contribution >= 4 is 40.5 Å². The summed E-state index contributed by atoms with van der Waals surface area (Å²) in [6.07, 6.45) is 1.48. The Morgan fingerprint density at radius 3 is 2.44 bits per heavy atom. The molecule has 1 N–H and O–H groups in total. The van der Waals surface area contributed by atoms with Gasteiger partial charge in [-0.3, -0.25) is 19.7 Å². The molecule has 4 rings (SSSR count). The van der Waals surface area contributed by atoms with Crippen LogP contribution >= 0.6 is 11.6 Å². The topological polar surface area (TPSA) is 118 Å². The number of benzene rings is 2. The standard InChI is InChI=1S/C23H21ClN4O6/c24-19-14-16(25-22(29)15-34-18-6-4-17(5-7-18)28(31)32)3-8-20(19)26-9-11-27(12-10-26)23(30)21-2-1-13-33-21/h1-8,13-14H,9-12,15H2,(H,25,29). The van der Waals surface area contributed by atoms with Crippen LogP contribution in [0.25, 0.3) is 0 Å². The largest absolute Gasteiger partial charge is 0.484 e. The van der Waals surface area contributed by atoms with Gasteiger partial charge in [0.1, 0.15) is 5.75 Å². The van der Waals surface area contributed by atoms with E-state index in [2.05, 4.69) is 10.2 Å². The molecule has 1 fully saturated rings. The van der Waals surface area contributed by atoms with E-state index in [1.165, 1.54) is 30.5 Å². The highest BCUT2D eigenvalue weighted by Gasteiger charge is 2.24. The first-order valence-electron chi connectivity index (χ1n) is 10.4. The number of ether oxygens (including phenoxy) is 1. The average molecular weight is 485 g/mol. The van der Waals surface area contributed by atoms with Gasteiger partial charge in [-0.15, -0.1) is 0 Å². The van der Waals surface area contributed by atoms with Crippen LogP contribution in [0.3, 0.4) is 0 Å². The van der Waals surface area contributed by atoms with E-state index in [-0.39, 0.29) is 18.2 Å². The van der Waals surface area contributed by atoms with E-state index in [9.17, 15) is 19.7 Å². The quantitative estimate of drug-likeness (QED) is 0.400. The minimum Gasteiger partial charge on any atom is -0.484 e. The van der Waals surface area contributed by atoms with Crippen molar-refractivity contribution in [3.05, 3.63) is 81.8 Å². The number of nitrogens with zero attached hydrogens (tertiary/aromatic N) is 3. The van der Waals surface area contributed by atoms with Gasteiger partial charge >= 0.3 is 0 Å².